The Bertz CT molecular complexity index is 361. The zero-order valence-corrected chi connectivity index (χ0v) is 8.77. The van der Waals surface area contributed by atoms with E-state index in [-0.39, 0.29) is 11.9 Å². The minimum atomic E-state index is -0.0242. The molecule has 82 valence electrons. The molecule has 1 atom stereocenters. The Morgan fingerprint density at radius 1 is 1.73 bits per heavy atom. The van der Waals surface area contributed by atoms with Crippen LogP contribution in [0.4, 0.5) is 0 Å². The van der Waals surface area contributed by atoms with E-state index in [9.17, 15) is 4.79 Å². The third kappa shape index (κ3) is 2.02. The molecule has 0 saturated carbocycles. The molecule has 2 rings (SSSR count). The first-order chi connectivity index (χ1) is 7.18. The molecule has 1 fully saturated rings. The Morgan fingerprint density at radius 3 is 3.13 bits per heavy atom. The van der Waals surface area contributed by atoms with Crippen molar-refractivity contribution in [1.29, 1.82) is 0 Å². The van der Waals surface area contributed by atoms with E-state index in [0.29, 0.717) is 17.9 Å². The highest BCUT2D eigenvalue weighted by atomic mass is 16.5. The number of likely N-dealkylation sites (tertiary alicyclic amines) is 1. The minimum Gasteiger partial charge on any atom is -0.361 e. The van der Waals surface area contributed by atoms with Crippen LogP contribution in [0.15, 0.2) is 10.7 Å². The Balaban J connectivity index is 2.11. The third-order valence-electron chi connectivity index (χ3n) is 2.73. The first-order valence-electron chi connectivity index (χ1n) is 5.14. The van der Waals surface area contributed by atoms with Gasteiger partial charge in [-0.1, -0.05) is 5.16 Å². The van der Waals surface area contributed by atoms with Crippen molar-refractivity contribution in [3.8, 4) is 0 Å². The van der Waals surface area contributed by atoms with Crippen molar-refractivity contribution in [1.82, 2.24) is 10.1 Å². The van der Waals surface area contributed by atoms with Crippen LogP contribution in [0.1, 0.15) is 29.0 Å². The Morgan fingerprint density at radius 2 is 2.53 bits per heavy atom. The second-order valence-electron chi connectivity index (χ2n) is 3.95. The van der Waals surface area contributed by atoms with Gasteiger partial charge in [-0.05, 0) is 19.8 Å². The summed E-state index contributed by atoms with van der Waals surface area (Å²) >= 11 is 0. The largest absolute Gasteiger partial charge is 0.361 e. The van der Waals surface area contributed by atoms with Gasteiger partial charge in [-0.3, -0.25) is 4.79 Å². The number of aromatic nitrogens is 1. The van der Waals surface area contributed by atoms with Crippen LogP contribution in [0.25, 0.3) is 0 Å². The van der Waals surface area contributed by atoms with E-state index in [4.69, 9.17) is 10.3 Å². The number of nitrogens with two attached hydrogens (primary N) is 1. The van der Waals surface area contributed by atoms with Crippen LogP contribution in [0.5, 0.6) is 0 Å². The first-order valence-corrected chi connectivity index (χ1v) is 5.14. The standard InChI is InChI=1S/C10H15N3O2/c1-7-9(5-12-15-7)10(14)13-4-2-3-8(11)6-13/h5,8H,2-4,6,11H2,1H3/t8-/m1/s1. The number of hydrogen-bond donors (Lipinski definition) is 1. The molecule has 15 heavy (non-hydrogen) atoms. The van der Waals surface area contributed by atoms with Crippen LogP contribution < -0.4 is 5.73 Å². The van der Waals surface area contributed by atoms with Crippen LogP contribution in [0, 0.1) is 6.92 Å². The second-order valence-corrected chi connectivity index (χ2v) is 3.95. The van der Waals surface area contributed by atoms with Gasteiger partial charge in [0.15, 0.2) is 0 Å². The maximum atomic E-state index is 12.0. The molecule has 0 aromatic carbocycles. The van der Waals surface area contributed by atoms with Gasteiger partial charge in [-0.2, -0.15) is 0 Å². The number of carbonyl (C=O) groups excluding carboxylic acids is 1. The van der Waals surface area contributed by atoms with Gasteiger partial charge in [-0.25, -0.2) is 0 Å². The van der Waals surface area contributed by atoms with E-state index in [2.05, 4.69) is 5.16 Å². The van der Waals surface area contributed by atoms with Crippen molar-refractivity contribution in [3.05, 3.63) is 17.5 Å². The molecule has 5 heteroatoms. The van der Waals surface area contributed by atoms with Gasteiger partial charge in [0.1, 0.15) is 11.3 Å². The SMILES string of the molecule is Cc1oncc1C(=O)N1CCC[C@@H](N)C1. The molecule has 1 saturated heterocycles. The quantitative estimate of drug-likeness (QED) is 0.733. The molecule has 1 aromatic rings. The summed E-state index contributed by atoms with van der Waals surface area (Å²) in [5.41, 5.74) is 6.37. The Kier molecular flexibility index (Phi) is 2.73. The molecule has 1 aliphatic heterocycles. The fourth-order valence-electron chi connectivity index (χ4n) is 1.87. The van der Waals surface area contributed by atoms with Gasteiger partial charge in [0.05, 0.1) is 6.20 Å². The number of nitrogens with zero attached hydrogens (tertiary/aromatic N) is 2. The molecule has 1 aromatic heterocycles. The maximum absolute atomic E-state index is 12.0. The van der Waals surface area contributed by atoms with Crippen LogP contribution in [-0.2, 0) is 0 Å². The summed E-state index contributed by atoms with van der Waals surface area (Å²) in [6, 6.07) is 0.0999. The molecule has 0 aliphatic carbocycles. The zero-order chi connectivity index (χ0) is 10.8. The van der Waals surface area contributed by atoms with Crippen LogP contribution in [-0.4, -0.2) is 35.1 Å². The normalized spacial score (nSPS) is 21.7. The van der Waals surface area contributed by atoms with Gasteiger partial charge in [-0.15, -0.1) is 0 Å². The predicted octanol–water partition coefficient (Wildman–Crippen LogP) is 0.546. The summed E-state index contributed by atoms with van der Waals surface area (Å²) in [6.07, 6.45) is 3.43. The maximum Gasteiger partial charge on any atom is 0.259 e. The highest BCUT2D eigenvalue weighted by Crippen LogP contribution is 2.14. The summed E-state index contributed by atoms with van der Waals surface area (Å²) in [5, 5.41) is 3.60. The van der Waals surface area contributed by atoms with E-state index in [1.807, 2.05) is 0 Å². The first kappa shape index (κ1) is 10.2. The summed E-state index contributed by atoms with van der Waals surface area (Å²) in [4.78, 5) is 13.8. The molecule has 1 amide bonds. The predicted molar refractivity (Wildman–Crippen MR) is 54.4 cm³/mol. The summed E-state index contributed by atoms with van der Waals surface area (Å²) < 4.78 is 4.87. The number of carbonyl (C=O) groups is 1. The molecule has 0 bridgehead atoms. The van der Waals surface area contributed by atoms with Crippen molar-refractivity contribution in [2.75, 3.05) is 13.1 Å². The fraction of sp³-hybridized carbons (Fsp3) is 0.600. The molecule has 1 aliphatic rings. The lowest BCUT2D eigenvalue weighted by atomic mass is 10.1. The van der Waals surface area contributed by atoms with Crippen LogP contribution in [0.3, 0.4) is 0 Å². The van der Waals surface area contributed by atoms with E-state index in [0.717, 1.165) is 19.4 Å². The van der Waals surface area contributed by atoms with Gasteiger partial charge < -0.3 is 15.2 Å². The number of rotatable bonds is 1. The molecule has 0 radical (unpaired) electrons. The summed E-state index contributed by atoms with van der Waals surface area (Å²) in [5.74, 6) is 0.544. The zero-order valence-electron chi connectivity index (χ0n) is 8.77. The smallest absolute Gasteiger partial charge is 0.259 e. The molecular formula is C10H15N3O2. The topological polar surface area (TPSA) is 72.4 Å². The van der Waals surface area contributed by atoms with Crippen molar-refractivity contribution >= 4 is 5.91 Å². The lowest BCUT2D eigenvalue weighted by Crippen LogP contribution is -2.45. The van der Waals surface area contributed by atoms with Crippen molar-refractivity contribution in [3.63, 3.8) is 0 Å². The molecule has 0 unspecified atom stereocenters. The monoisotopic (exact) mass is 209 g/mol. The average molecular weight is 209 g/mol. The Labute approximate surface area is 88.2 Å². The third-order valence-corrected chi connectivity index (χ3v) is 2.73. The van der Waals surface area contributed by atoms with Gasteiger partial charge >= 0.3 is 0 Å². The minimum absolute atomic E-state index is 0.0242. The lowest BCUT2D eigenvalue weighted by molar-refractivity contribution is 0.0707. The molecule has 5 nitrogen and oxygen atoms in total. The van der Waals surface area contributed by atoms with Crippen LogP contribution >= 0.6 is 0 Å². The summed E-state index contributed by atoms with van der Waals surface area (Å²) in [7, 11) is 0. The van der Waals surface area contributed by atoms with E-state index in [1.165, 1.54) is 6.20 Å². The highest BCUT2D eigenvalue weighted by Gasteiger charge is 2.24. The number of hydrogen-bond acceptors (Lipinski definition) is 4. The number of aryl methyl sites for hydroxylation is 1. The summed E-state index contributed by atoms with van der Waals surface area (Å²) in [6.45, 7) is 3.14. The van der Waals surface area contributed by atoms with Gasteiger partial charge in [0, 0.05) is 19.1 Å². The van der Waals surface area contributed by atoms with E-state index < -0.39 is 0 Å². The molecular weight excluding hydrogens is 194 g/mol. The Hall–Kier alpha value is -1.36. The number of amides is 1. The fourth-order valence-corrected chi connectivity index (χ4v) is 1.87. The lowest BCUT2D eigenvalue weighted by Gasteiger charge is -2.30. The van der Waals surface area contributed by atoms with Crippen molar-refractivity contribution < 1.29 is 9.32 Å². The van der Waals surface area contributed by atoms with Gasteiger partial charge in [0.25, 0.3) is 5.91 Å². The molecule has 2 N–H and O–H groups in total. The van der Waals surface area contributed by atoms with Crippen molar-refractivity contribution in [2.45, 2.75) is 25.8 Å². The van der Waals surface area contributed by atoms with E-state index >= 15 is 0 Å². The van der Waals surface area contributed by atoms with Crippen molar-refractivity contribution in [2.24, 2.45) is 5.73 Å². The van der Waals surface area contributed by atoms with Gasteiger partial charge in [0.2, 0.25) is 0 Å². The molecule has 0 spiro atoms. The second kappa shape index (κ2) is 4.02. The van der Waals surface area contributed by atoms with Crippen LogP contribution in [0.2, 0.25) is 0 Å². The highest BCUT2D eigenvalue weighted by molar-refractivity contribution is 5.94. The van der Waals surface area contributed by atoms with E-state index in [1.54, 1.807) is 11.8 Å². The molecule has 2 heterocycles. The number of piperidine rings is 1. The average Bonchev–Trinajstić information content (AvgIpc) is 2.63.